The number of aliphatic hydroxyl groups excluding tert-OH is 3. The molecule has 0 spiro atoms. The first-order chi connectivity index (χ1) is 8.37. The molecule has 6 N–H and O–H groups in total. The first-order valence-electron chi connectivity index (χ1n) is 6.44. The second-order valence-electron chi connectivity index (χ2n) is 4.29. The third kappa shape index (κ3) is 21.1. The van der Waals surface area contributed by atoms with Gasteiger partial charge in [-0.1, -0.05) is 19.8 Å². The highest BCUT2D eigenvalue weighted by Crippen LogP contribution is 2.07. The van der Waals surface area contributed by atoms with Crippen molar-refractivity contribution in [3.05, 3.63) is 0 Å². The Morgan fingerprint density at radius 3 is 1.94 bits per heavy atom. The molecule has 0 aromatic heterocycles. The molecular weight excluding hydrogens is 240 g/mol. The van der Waals surface area contributed by atoms with Gasteiger partial charge in [0.25, 0.3) is 5.97 Å². The number of aliphatic hydroxyl groups is 6. The zero-order valence-electron chi connectivity index (χ0n) is 11.1. The minimum atomic E-state index is -2.45. The molecule has 0 aliphatic heterocycles. The lowest BCUT2D eigenvalue weighted by Crippen LogP contribution is -2.26. The third-order valence-electron chi connectivity index (χ3n) is 2.27. The standard InChI is InChI=1S/2C6H14O3/c1-2-3-4-5-6(7,8)9;7-4-2-1-3-6(9)5-8/h7-9H,2-5H2,1H3;6-9H,1-5H2. The average molecular weight is 268 g/mol. The number of rotatable bonds is 9. The maximum absolute atomic E-state index is 8.75. The van der Waals surface area contributed by atoms with Crippen molar-refractivity contribution in [2.24, 2.45) is 0 Å². The van der Waals surface area contributed by atoms with Gasteiger partial charge in [-0.25, -0.2) is 0 Å². The largest absolute Gasteiger partial charge is 0.396 e. The molecule has 6 nitrogen and oxygen atoms in total. The summed E-state index contributed by atoms with van der Waals surface area (Å²) >= 11 is 0. The lowest BCUT2D eigenvalue weighted by atomic mass is 10.2. The molecule has 0 saturated heterocycles. The predicted molar refractivity (Wildman–Crippen MR) is 67.6 cm³/mol. The first kappa shape index (κ1) is 20.1. The van der Waals surface area contributed by atoms with Gasteiger partial charge in [-0.3, -0.25) is 0 Å². The molecule has 1 atom stereocenters. The molecule has 0 aromatic carbocycles. The summed E-state index contributed by atoms with van der Waals surface area (Å²) in [6.07, 6.45) is 4.09. The van der Waals surface area contributed by atoms with Crippen LogP contribution in [0.2, 0.25) is 0 Å². The van der Waals surface area contributed by atoms with Crippen LogP contribution in [0.25, 0.3) is 0 Å². The van der Waals surface area contributed by atoms with Crippen molar-refractivity contribution in [3.63, 3.8) is 0 Å². The Labute approximate surface area is 109 Å². The van der Waals surface area contributed by atoms with Gasteiger partial charge in [-0.2, -0.15) is 0 Å². The van der Waals surface area contributed by atoms with Crippen LogP contribution in [0.1, 0.15) is 51.9 Å². The van der Waals surface area contributed by atoms with Gasteiger partial charge < -0.3 is 30.6 Å². The summed E-state index contributed by atoms with van der Waals surface area (Å²) in [7, 11) is 0. The third-order valence-corrected chi connectivity index (χ3v) is 2.27. The van der Waals surface area contributed by atoms with Crippen molar-refractivity contribution >= 4 is 0 Å². The molecular formula is C12H28O6. The van der Waals surface area contributed by atoms with Crippen LogP contribution in [0.3, 0.4) is 0 Å². The molecule has 0 heterocycles. The van der Waals surface area contributed by atoms with Gasteiger partial charge >= 0.3 is 0 Å². The van der Waals surface area contributed by atoms with E-state index in [-0.39, 0.29) is 19.6 Å². The molecule has 0 aliphatic carbocycles. The summed E-state index contributed by atoms with van der Waals surface area (Å²) in [5.41, 5.74) is 0. The maximum atomic E-state index is 8.75. The Morgan fingerprint density at radius 2 is 1.56 bits per heavy atom. The van der Waals surface area contributed by atoms with Crippen LogP contribution in [0.5, 0.6) is 0 Å². The lowest BCUT2D eigenvalue weighted by molar-refractivity contribution is -0.314. The van der Waals surface area contributed by atoms with E-state index in [1.165, 1.54) is 0 Å². The lowest BCUT2D eigenvalue weighted by Gasteiger charge is -2.12. The van der Waals surface area contributed by atoms with Crippen LogP contribution in [0, 0.1) is 0 Å². The van der Waals surface area contributed by atoms with Crippen molar-refractivity contribution in [1.29, 1.82) is 0 Å². The van der Waals surface area contributed by atoms with Crippen LogP contribution < -0.4 is 0 Å². The molecule has 0 fully saturated rings. The summed E-state index contributed by atoms with van der Waals surface area (Å²) in [5.74, 6) is -2.45. The highest BCUT2D eigenvalue weighted by atomic mass is 16.7. The minimum absolute atomic E-state index is 0.0425. The zero-order valence-corrected chi connectivity index (χ0v) is 11.1. The number of unbranched alkanes of at least 4 members (excludes halogenated alkanes) is 3. The highest BCUT2D eigenvalue weighted by Gasteiger charge is 2.15. The number of hydrogen-bond acceptors (Lipinski definition) is 6. The van der Waals surface area contributed by atoms with Gasteiger partial charge in [-0.05, 0) is 25.7 Å². The smallest absolute Gasteiger partial charge is 0.275 e. The topological polar surface area (TPSA) is 121 Å². The van der Waals surface area contributed by atoms with E-state index in [9.17, 15) is 0 Å². The van der Waals surface area contributed by atoms with E-state index in [0.29, 0.717) is 19.3 Å². The molecule has 1 unspecified atom stereocenters. The normalized spacial score (nSPS) is 12.8. The van der Waals surface area contributed by atoms with E-state index in [1.807, 2.05) is 6.92 Å². The van der Waals surface area contributed by atoms with E-state index in [4.69, 9.17) is 30.6 Å². The molecule has 0 radical (unpaired) electrons. The maximum Gasteiger partial charge on any atom is 0.275 e. The second-order valence-corrected chi connectivity index (χ2v) is 4.29. The van der Waals surface area contributed by atoms with Gasteiger partial charge in [0.1, 0.15) is 0 Å². The van der Waals surface area contributed by atoms with E-state index in [1.54, 1.807) is 0 Å². The summed E-state index contributed by atoms with van der Waals surface area (Å²) in [5, 5.41) is 50.4. The van der Waals surface area contributed by atoms with Crippen molar-refractivity contribution in [1.82, 2.24) is 0 Å². The molecule has 112 valence electrons. The summed E-state index contributed by atoms with van der Waals surface area (Å²) < 4.78 is 0. The fraction of sp³-hybridized carbons (Fsp3) is 1.00. The van der Waals surface area contributed by atoms with Crippen molar-refractivity contribution < 1.29 is 30.6 Å². The van der Waals surface area contributed by atoms with Gasteiger partial charge in [0, 0.05) is 13.0 Å². The molecule has 0 rings (SSSR count). The monoisotopic (exact) mass is 268 g/mol. The van der Waals surface area contributed by atoms with Crippen molar-refractivity contribution in [2.45, 2.75) is 63.9 Å². The summed E-state index contributed by atoms with van der Waals surface area (Å²) in [4.78, 5) is 0. The highest BCUT2D eigenvalue weighted by molar-refractivity contribution is 4.51. The van der Waals surface area contributed by atoms with Crippen molar-refractivity contribution in [2.75, 3.05) is 13.2 Å². The van der Waals surface area contributed by atoms with Crippen LogP contribution in [-0.2, 0) is 0 Å². The van der Waals surface area contributed by atoms with Crippen LogP contribution >= 0.6 is 0 Å². The quantitative estimate of drug-likeness (QED) is 0.252. The summed E-state index contributed by atoms with van der Waals surface area (Å²) in [6.45, 7) is 2.00. The Bertz CT molecular complexity index is 157. The Morgan fingerprint density at radius 1 is 0.944 bits per heavy atom. The SMILES string of the molecule is CCCCCC(O)(O)O.OCCCCC(O)CO. The van der Waals surface area contributed by atoms with Gasteiger partial charge in [-0.15, -0.1) is 0 Å². The first-order valence-corrected chi connectivity index (χ1v) is 6.44. The van der Waals surface area contributed by atoms with Gasteiger partial charge in [0.05, 0.1) is 12.7 Å². The molecule has 6 heteroatoms. The molecule has 18 heavy (non-hydrogen) atoms. The van der Waals surface area contributed by atoms with E-state index < -0.39 is 12.1 Å². The van der Waals surface area contributed by atoms with Gasteiger partial charge in [0.2, 0.25) is 0 Å². The molecule has 0 aliphatic rings. The predicted octanol–water partition coefficient (Wildman–Crippen LogP) is -0.300. The van der Waals surface area contributed by atoms with E-state index in [2.05, 4.69) is 0 Å². The molecule has 0 saturated carbocycles. The Kier molecular flexibility index (Phi) is 14.7. The van der Waals surface area contributed by atoms with Crippen molar-refractivity contribution in [3.8, 4) is 0 Å². The fourth-order valence-electron chi connectivity index (χ4n) is 1.20. The van der Waals surface area contributed by atoms with Gasteiger partial charge in [0.15, 0.2) is 0 Å². The minimum Gasteiger partial charge on any atom is -0.396 e. The second kappa shape index (κ2) is 13.2. The fourth-order valence-corrected chi connectivity index (χ4v) is 1.20. The van der Waals surface area contributed by atoms with Crippen LogP contribution in [0.4, 0.5) is 0 Å². The Balaban J connectivity index is 0. The molecule has 0 aromatic rings. The average Bonchev–Trinajstić information content (AvgIpc) is 2.29. The van der Waals surface area contributed by atoms with Crippen LogP contribution in [-0.4, -0.2) is 55.9 Å². The zero-order chi connectivity index (χ0) is 14.4. The summed E-state index contributed by atoms with van der Waals surface area (Å²) in [6, 6.07) is 0. The number of hydrogen-bond donors (Lipinski definition) is 6. The van der Waals surface area contributed by atoms with E-state index in [0.717, 1.165) is 19.3 Å². The Hall–Kier alpha value is -0.240. The van der Waals surface area contributed by atoms with E-state index >= 15 is 0 Å². The molecule has 0 amide bonds. The molecule has 0 bridgehead atoms. The van der Waals surface area contributed by atoms with Crippen LogP contribution in [0.15, 0.2) is 0 Å².